The normalized spacial score (nSPS) is 29.5. The molecule has 3 aliphatic heterocycles. The monoisotopic (exact) mass is 468 g/mol. The Balaban J connectivity index is 1.34. The summed E-state index contributed by atoms with van der Waals surface area (Å²) < 4.78 is 24.9. The summed E-state index contributed by atoms with van der Waals surface area (Å²) in [5.74, 6) is -0.211. The summed E-state index contributed by atoms with van der Waals surface area (Å²) in [6.07, 6.45) is 1.23. The molecule has 3 N–H and O–H groups in total. The first-order valence-electron chi connectivity index (χ1n) is 12.4. The second-order valence-electron chi connectivity index (χ2n) is 9.68. The predicted molar refractivity (Wildman–Crippen MR) is 128 cm³/mol. The van der Waals surface area contributed by atoms with Gasteiger partial charge in [-0.3, -0.25) is 0 Å². The molecule has 34 heavy (non-hydrogen) atoms. The summed E-state index contributed by atoms with van der Waals surface area (Å²) in [6, 6.07) is 16.2. The van der Waals surface area contributed by atoms with Crippen LogP contribution in [0.25, 0.3) is 0 Å². The standard InChI is InChI=1S/C27H36N2O5/c1-19-24(17-29-12-10-27(11-13-29)31-14-15-32-27)33-26(23-8-2-20(16-28)3-9-23)34-25(19)22-6-4-21(18-30)5-7-22/h2-9,19,24-26,30H,10-18,28H2,1H3. The number of aliphatic hydroxyl groups excluding tert-OH is 1. The van der Waals surface area contributed by atoms with Crippen molar-refractivity contribution in [3.8, 4) is 0 Å². The molecule has 7 heteroatoms. The Hall–Kier alpha value is -1.84. The van der Waals surface area contributed by atoms with Gasteiger partial charge in [-0.1, -0.05) is 55.5 Å². The van der Waals surface area contributed by atoms with E-state index < -0.39 is 6.29 Å². The van der Waals surface area contributed by atoms with Gasteiger partial charge in [-0.15, -0.1) is 0 Å². The minimum Gasteiger partial charge on any atom is -0.392 e. The lowest BCUT2D eigenvalue weighted by Gasteiger charge is -2.44. The van der Waals surface area contributed by atoms with E-state index in [1.165, 1.54) is 0 Å². The number of piperidine rings is 1. The fourth-order valence-electron chi connectivity index (χ4n) is 5.26. The van der Waals surface area contributed by atoms with E-state index in [1.807, 2.05) is 36.4 Å². The topological polar surface area (TPSA) is 86.4 Å². The number of benzene rings is 2. The minimum atomic E-state index is -0.451. The lowest BCUT2D eigenvalue weighted by molar-refractivity contribution is -0.278. The molecule has 5 rings (SSSR count). The van der Waals surface area contributed by atoms with Crippen LogP contribution < -0.4 is 5.73 Å². The molecule has 4 unspecified atom stereocenters. The highest BCUT2D eigenvalue weighted by Crippen LogP contribution is 2.42. The van der Waals surface area contributed by atoms with E-state index in [2.05, 4.69) is 24.0 Å². The van der Waals surface area contributed by atoms with Crippen LogP contribution >= 0.6 is 0 Å². The maximum atomic E-state index is 9.44. The molecule has 3 heterocycles. The molecule has 2 aromatic rings. The maximum absolute atomic E-state index is 9.44. The Morgan fingerprint density at radius 2 is 1.53 bits per heavy atom. The summed E-state index contributed by atoms with van der Waals surface area (Å²) in [7, 11) is 0. The summed E-state index contributed by atoms with van der Waals surface area (Å²) in [5.41, 5.74) is 9.86. The number of aliphatic hydroxyl groups is 1. The number of nitrogens with zero attached hydrogens (tertiary/aromatic N) is 1. The quantitative estimate of drug-likeness (QED) is 0.673. The number of nitrogens with two attached hydrogens (primary N) is 1. The van der Waals surface area contributed by atoms with Gasteiger partial charge in [0, 0.05) is 50.5 Å². The van der Waals surface area contributed by atoms with Gasteiger partial charge >= 0.3 is 0 Å². The number of rotatable bonds is 6. The number of ether oxygens (including phenoxy) is 4. The molecule has 0 aliphatic carbocycles. The third kappa shape index (κ3) is 5.06. The zero-order chi connectivity index (χ0) is 23.5. The third-order valence-electron chi connectivity index (χ3n) is 7.48. The van der Waals surface area contributed by atoms with Crippen LogP contribution in [0.2, 0.25) is 0 Å². The Kier molecular flexibility index (Phi) is 7.32. The average Bonchev–Trinajstić information content (AvgIpc) is 3.35. The van der Waals surface area contributed by atoms with Crippen LogP contribution in [0.1, 0.15) is 54.4 Å². The first kappa shape index (κ1) is 23.9. The van der Waals surface area contributed by atoms with Crippen LogP contribution in [0.4, 0.5) is 0 Å². The van der Waals surface area contributed by atoms with Crippen LogP contribution in [-0.4, -0.2) is 54.7 Å². The minimum absolute atomic E-state index is 0.00918. The van der Waals surface area contributed by atoms with Gasteiger partial charge in [0.25, 0.3) is 0 Å². The van der Waals surface area contributed by atoms with Crippen molar-refractivity contribution in [2.24, 2.45) is 11.7 Å². The smallest absolute Gasteiger partial charge is 0.184 e. The van der Waals surface area contributed by atoms with Crippen molar-refractivity contribution in [1.82, 2.24) is 4.90 Å². The van der Waals surface area contributed by atoms with E-state index in [9.17, 15) is 5.11 Å². The van der Waals surface area contributed by atoms with Crippen LogP contribution in [0.5, 0.6) is 0 Å². The predicted octanol–water partition coefficient (Wildman–Crippen LogP) is 3.27. The van der Waals surface area contributed by atoms with Crippen LogP contribution in [0.15, 0.2) is 48.5 Å². The van der Waals surface area contributed by atoms with Gasteiger partial charge in [0.1, 0.15) is 0 Å². The molecule has 0 aromatic heterocycles. The fraction of sp³-hybridized carbons (Fsp3) is 0.556. The Labute approximate surface area is 201 Å². The van der Waals surface area contributed by atoms with E-state index in [0.29, 0.717) is 19.8 Å². The van der Waals surface area contributed by atoms with Crippen LogP contribution in [-0.2, 0) is 32.1 Å². The molecule has 7 nitrogen and oxygen atoms in total. The Morgan fingerprint density at radius 1 is 0.912 bits per heavy atom. The van der Waals surface area contributed by atoms with Crippen LogP contribution in [0, 0.1) is 5.92 Å². The Bertz CT molecular complexity index is 919. The van der Waals surface area contributed by atoms with Crippen molar-refractivity contribution < 1.29 is 24.1 Å². The second-order valence-corrected chi connectivity index (χ2v) is 9.68. The fourth-order valence-corrected chi connectivity index (χ4v) is 5.26. The van der Waals surface area contributed by atoms with Crippen molar-refractivity contribution in [2.45, 2.75) is 57.2 Å². The highest BCUT2D eigenvalue weighted by molar-refractivity contribution is 5.27. The summed E-state index contributed by atoms with van der Waals surface area (Å²) >= 11 is 0. The van der Waals surface area contributed by atoms with Gasteiger partial charge in [-0.05, 0) is 16.7 Å². The zero-order valence-electron chi connectivity index (χ0n) is 19.9. The summed E-state index contributed by atoms with van der Waals surface area (Å²) in [5, 5.41) is 9.44. The molecule has 1 spiro atoms. The zero-order valence-corrected chi connectivity index (χ0v) is 19.9. The number of likely N-dealkylation sites (tertiary alicyclic amines) is 1. The van der Waals surface area contributed by atoms with E-state index >= 15 is 0 Å². The molecule has 3 fully saturated rings. The molecule has 2 aromatic carbocycles. The van der Waals surface area contributed by atoms with Gasteiger partial charge < -0.3 is 34.7 Å². The Morgan fingerprint density at radius 3 is 2.15 bits per heavy atom. The first-order chi connectivity index (χ1) is 16.6. The molecule has 0 amide bonds. The van der Waals surface area contributed by atoms with Gasteiger partial charge in [-0.2, -0.15) is 0 Å². The molecular formula is C27H36N2O5. The molecule has 0 saturated carbocycles. The lowest BCUT2D eigenvalue weighted by Crippen LogP contribution is -2.50. The molecule has 4 atom stereocenters. The van der Waals surface area contributed by atoms with E-state index in [-0.39, 0.29) is 30.5 Å². The highest BCUT2D eigenvalue weighted by Gasteiger charge is 2.43. The molecule has 0 radical (unpaired) electrons. The first-order valence-corrected chi connectivity index (χ1v) is 12.4. The van der Waals surface area contributed by atoms with Crippen molar-refractivity contribution in [3.05, 3.63) is 70.8 Å². The second kappa shape index (κ2) is 10.4. The SMILES string of the molecule is CC1C(CN2CCC3(CC2)OCCO3)OC(c2ccc(CN)cc2)OC1c1ccc(CO)cc1. The highest BCUT2D eigenvalue weighted by atomic mass is 16.7. The van der Waals surface area contributed by atoms with E-state index in [0.717, 1.165) is 54.7 Å². The third-order valence-corrected chi connectivity index (χ3v) is 7.48. The van der Waals surface area contributed by atoms with E-state index in [1.54, 1.807) is 0 Å². The van der Waals surface area contributed by atoms with Crippen molar-refractivity contribution in [2.75, 3.05) is 32.8 Å². The lowest BCUT2D eigenvalue weighted by atomic mass is 9.89. The average molecular weight is 469 g/mol. The van der Waals surface area contributed by atoms with Crippen molar-refractivity contribution >= 4 is 0 Å². The summed E-state index contributed by atoms with van der Waals surface area (Å²) in [6.45, 7) is 6.84. The molecular weight excluding hydrogens is 432 g/mol. The van der Waals surface area contributed by atoms with Gasteiger partial charge in [0.2, 0.25) is 0 Å². The van der Waals surface area contributed by atoms with Gasteiger partial charge in [-0.25, -0.2) is 0 Å². The van der Waals surface area contributed by atoms with Gasteiger partial charge in [0.05, 0.1) is 32.0 Å². The number of hydrogen-bond donors (Lipinski definition) is 2. The largest absolute Gasteiger partial charge is 0.392 e. The maximum Gasteiger partial charge on any atom is 0.184 e. The molecule has 184 valence electrons. The van der Waals surface area contributed by atoms with Crippen molar-refractivity contribution in [1.29, 1.82) is 0 Å². The van der Waals surface area contributed by atoms with E-state index in [4.69, 9.17) is 24.7 Å². The van der Waals surface area contributed by atoms with Crippen molar-refractivity contribution in [3.63, 3.8) is 0 Å². The number of hydrogen-bond acceptors (Lipinski definition) is 7. The molecule has 3 aliphatic rings. The van der Waals surface area contributed by atoms with Crippen LogP contribution in [0.3, 0.4) is 0 Å². The van der Waals surface area contributed by atoms with Gasteiger partial charge in [0.15, 0.2) is 12.1 Å². The summed E-state index contributed by atoms with van der Waals surface area (Å²) in [4.78, 5) is 2.46. The molecule has 3 saturated heterocycles. The molecule has 0 bridgehead atoms.